The molecule has 136 valence electrons. The summed E-state index contributed by atoms with van der Waals surface area (Å²) in [6.07, 6.45) is 0. The van der Waals surface area contributed by atoms with Crippen LogP contribution in [0.1, 0.15) is 6.92 Å². The highest BCUT2D eigenvalue weighted by Gasteiger charge is 2.12. The minimum Gasteiger partial charge on any atom is -0.490 e. The lowest BCUT2D eigenvalue weighted by atomic mass is 10.1. The Kier molecular flexibility index (Phi) is 4.89. The summed E-state index contributed by atoms with van der Waals surface area (Å²) < 4.78 is 12.1. The monoisotopic (exact) mass is 378 g/mol. The minimum absolute atomic E-state index is 0.110. The maximum Gasteiger partial charge on any atom is 0.264 e. The third-order valence-corrected chi connectivity index (χ3v) is 4.97. The van der Waals surface area contributed by atoms with Crippen LogP contribution in [0.4, 0.5) is 5.13 Å². The highest BCUT2D eigenvalue weighted by atomic mass is 32.1. The summed E-state index contributed by atoms with van der Waals surface area (Å²) in [5.41, 5.74) is 0.899. The zero-order chi connectivity index (χ0) is 18.6. The quantitative estimate of drug-likeness (QED) is 0.520. The number of carbonyl (C=O) groups excluding carboxylic acids is 1. The number of fused-ring (bicyclic) bond motifs is 3. The van der Waals surface area contributed by atoms with E-state index in [-0.39, 0.29) is 12.5 Å². The molecular formula is C21H18N2O3S. The molecule has 0 saturated carbocycles. The lowest BCUT2D eigenvalue weighted by Crippen LogP contribution is -2.20. The molecule has 4 aromatic rings. The summed E-state index contributed by atoms with van der Waals surface area (Å²) in [5.74, 6) is 0.911. The number of hydrogen-bond acceptors (Lipinski definition) is 5. The molecule has 0 radical (unpaired) electrons. The number of anilines is 1. The Morgan fingerprint density at radius 3 is 2.56 bits per heavy atom. The molecule has 5 nitrogen and oxygen atoms in total. The molecule has 0 saturated heterocycles. The van der Waals surface area contributed by atoms with E-state index in [9.17, 15) is 4.79 Å². The second-order valence-electron chi connectivity index (χ2n) is 5.87. The van der Waals surface area contributed by atoms with E-state index < -0.39 is 0 Å². The topological polar surface area (TPSA) is 60.5 Å². The second kappa shape index (κ2) is 7.63. The smallest absolute Gasteiger partial charge is 0.264 e. The Balaban J connectivity index is 1.48. The Morgan fingerprint density at radius 1 is 1.00 bits per heavy atom. The van der Waals surface area contributed by atoms with Gasteiger partial charge in [-0.15, -0.1) is 0 Å². The lowest BCUT2D eigenvalue weighted by molar-refractivity contribution is -0.118. The molecule has 0 atom stereocenters. The number of benzene rings is 3. The molecule has 6 heteroatoms. The zero-order valence-electron chi connectivity index (χ0n) is 14.8. The van der Waals surface area contributed by atoms with E-state index in [1.54, 1.807) is 6.07 Å². The Bertz CT molecular complexity index is 1110. The van der Waals surface area contributed by atoms with Crippen molar-refractivity contribution in [3.05, 3.63) is 60.7 Å². The van der Waals surface area contributed by atoms with E-state index in [4.69, 9.17) is 9.47 Å². The van der Waals surface area contributed by atoms with Crippen LogP contribution in [0.2, 0.25) is 0 Å². The fourth-order valence-corrected chi connectivity index (χ4v) is 3.76. The Morgan fingerprint density at radius 2 is 1.74 bits per heavy atom. The van der Waals surface area contributed by atoms with Crippen LogP contribution in [0.5, 0.6) is 11.5 Å². The van der Waals surface area contributed by atoms with Gasteiger partial charge < -0.3 is 9.47 Å². The van der Waals surface area contributed by atoms with Gasteiger partial charge in [0.1, 0.15) is 0 Å². The molecule has 0 unspecified atom stereocenters. The predicted molar refractivity (Wildman–Crippen MR) is 109 cm³/mol. The maximum absolute atomic E-state index is 12.3. The molecule has 27 heavy (non-hydrogen) atoms. The predicted octanol–water partition coefficient (Wildman–Crippen LogP) is 4.87. The van der Waals surface area contributed by atoms with Crippen molar-refractivity contribution in [2.24, 2.45) is 0 Å². The summed E-state index contributed by atoms with van der Waals surface area (Å²) in [6.45, 7) is 2.33. The maximum atomic E-state index is 12.3. The summed E-state index contributed by atoms with van der Waals surface area (Å²) >= 11 is 1.45. The number of nitrogens with zero attached hydrogens (tertiary/aromatic N) is 1. The number of thiazole rings is 1. The third-order valence-electron chi connectivity index (χ3n) is 4.04. The van der Waals surface area contributed by atoms with E-state index >= 15 is 0 Å². The first-order valence-corrected chi connectivity index (χ1v) is 9.49. The molecule has 0 fully saturated rings. The summed E-state index contributed by atoms with van der Waals surface area (Å²) in [6, 6.07) is 19.5. The number of carbonyl (C=O) groups is 1. The van der Waals surface area contributed by atoms with Crippen molar-refractivity contribution in [2.75, 3.05) is 18.5 Å². The molecule has 1 amide bonds. The van der Waals surface area contributed by atoms with Crippen molar-refractivity contribution >= 4 is 43.4 Å². The van der Waals surface area contributed by atoms with E-state index in [0.29, 0.717) is 23.2 Å². The number of ether oxygens (including phenoxy) is 2. The highest BCUT2D eigenvalue weighted by Crippen LogP contribution is 2.31. The first kappa shape index (κ1) is 17.3. The summed E-state index contributed by atoms with van der Waals surface area (Å²) in [4.78, 5) is 16.9. The normalized spacial score (nSPS) is 10.9. The first-order valence-electron chi connectivity index (χ1n) is 8.67. The van der Waals surface area contributed by atoms with Crippen molar-refractivity contribution in [3.8, 4) is 11.5 Å². The fraction of sp³-hybridized carbons (Fsp3) is 0.143. The van der Waals surface area contributed by atoms with E-state index in [1.807, 2.05) is 49.4 Å². The highest BCUT2D eigenvalue weighted by molar-refractivity contribution is 7.22. The van der Waals surface area contributed by atoms with Crippen LogP contribution in [-0.4, -0.2) is 24.1 Å². The molecule has 1 aromatic heterocycles. The third kappa shape index (κ3) is 3.71. The first-order chi connectivity index (χ1) is 13.2. The average Bonchev–Trinajstić information content (AvgIpc) is 3.10. The van der Waals surface area contributed by atoms with Gasteiger partial charge in [0.05, 0.1) is 16.8 Å². The molecule has 0 aliphatic heterocycles. The van der Waals surface area contributed by atoms with Crippen molar-refractivity contribution < 1.29 is 14.3 Å². The van der Waals surface area contributed by atoms with Crippen LogP contribution in [0.15, 0.2) is 60.7 Å². The molecule has 1 heterocycles. The van der Waals surface area contributed by atoms with Crippen LogP contribution in [0.25, 0.3) is 21.0 Å². The summed E-state index contributed by atoms with van der Waals surface area (Å²) in [5, 5.41) is 5.59. The van der Waals surface area contributed by atoms with Crippen molar-refractivity contribution in [2.45, 2.75) is 6.92 Å². The van der Waals surface area contributed by atoms with Crippen LogP contribution >= 0.6 is 11.3 Å². The fourth-order valence-electron chi connectivity index (χ4n) is 2.86. The number of rotatable bonds is 6. The number of aromatic nitrogens is 1. The second-order valence-corrected chi connectivity index (χ2v) is 6.90. The number of nitrogens with one attached hydrogen (secondary N) is 1. The van der Waals surface area contributed by atoms with E-state index in [2.05, 4.69) is 22.4 Å². The van der Waals surface area contributed by atoms with Gasteiger partial charge in [0.25, 0.3) is 5.91 Å². The van der Waals surface area contributed by atoms with E-state index in [1.165, 1.54) is 11.3 Å². The van der Waals surface area contributed by atoms with Gasteiger partial charge in [-0.2, -0.15) is 0 Å². The molecule has 3 aromatic carbocycles. The van der Waals surface area contributed by atoms with E-state index in [0.717, 1.165) is 21.0 Å². The average molecular weight is 378 g/mol. The standard InChI is InChI=1S/C21H18N2O3S/c1-2-25-16-9-5-6-10-17(16)26-13-19(24)22-21-23-20-15-8-4-3-7-14(15)11-12-18(20)27-21/h3-12H,2,13H2,1H3,(H,22,23,24). The van der Waals surface area contributed by atoms with Crippen LogP contribution in [-0.2, 0) is 4.79 Å². The van der Waals surface area contributed by atoms with Gasteiger partial charge in [0.15, 0.2) is 23.2 Å². The number of para-hydroxylation sites is 2. The van der Waals surface area contributed by atoms with Gasteiger partial charge in [-0.05, 0) is 30.5 Å². The minimum atomic E-state index is -0.260. The van der Waals surface area contributed by atoms with Crippen molar-refractivity contribution in [1.82, 2.24) is 4.98 Å². The lowest BCUT2D eigenvalue weighted by Gasteiger charge is -2.10. The Hall–Kier alpha value is -3.12. The van der Waals surface area contributed by atoms with Gasteiger partial charge in [0, 0.05) is 5.39 Å². The van der Waals surface area contributed by atoms with Gasteiger partial charge in [-0.1, -0.05) is 53.8 Å². The van der Waals surface area contributed by atoms with Crippen LogP contribution in [0, 0.1) is 0 Å². The molecule has 1 N–H and O–H groups in total. The largest absolute Gasteiger partial charge is 0.490 e. The van der Waals surface area contributed by atoms with Gasteiger partial charge >= 0.3 is 0 Å². The zero-order valence-corrected chi connectivity index (χ0v) is 15.6. The molecule has 4 rings (SSSR count). The number of amides is 1. The summed E-state index contributed by atoms with van der Waals surface area (Å²) in [7, 11) is 0. The Labute approximate surface area is 160 Å². The van der Waals surface area contributed by atoms with Crippen LogP contribution in [0.3, 0.4) is 0 Å². The van der Waals surface area contributed by atoms with Crippen molar-refractivity contribution in [1.29, 1.82) is 0 Å². The van der Waals surface area contributed by atoms with Gasteiger partial charge in [-0.25, -0.2) is 4.98 Å². The molecule has 0 bridgehead atoms. The van der Waals surface area contributed by atoms with Crippen LogP contribution < -0.4 is 14.8 Å². The van der Waals surface area contributed by atoms with Crippen molar-refractivity contribution in [3.63, 3.8) is 0 Å². The SMILES string of the molecule is CCOc1ccccc1OCC(=O)Nc1nc2c(ccc3ccccc32)s1. The van der Waals surface area contributed by atoms with Gasteiger partial charge in [-0.3, -0.25) is 10.1 Å². The van der Waals surface area contributed by atoms with Gasteiger partial charge in [0.2, 0.25) is 0 Å². The molecule has 0 aliphatic rings. The molecular weight excluding hydrogens is 360 g/mol. The molecule has 0 spiro atoms. The number of hydrogen-bond donors (Lipinski definition) is 1. The molecule has 0 aliphatic carbocycles.